The Kier molecular flexibility index (Phi) is 5.24. The summed E-state index contributed by atoms with van der Waals surface area (Å²) < 4.78 is 40.1. The summed E-state index contributed by atoms with van der Waals surface area (Å²) >= 11 is 0. The Morgan fingerprint density at radius 2 is 1.78 bits per heavy atom. The van der Waals surface area contributed by atoms with Crippen LogP contribution in [-0.2, 0) is 0 Å². The quantitative estimate of drug-likeness (QED) is 0.783. The fourth-order valence-electron chi connectivity index (χ4n) is 2.82. The van der Waals surface area contributed by atoms with Crippen molar-refractivity contribution in [2.45, 2.75) is 18.9 Å². The van der Waals surface area contributed by atoms with Crippen LogP contribution in [0.5, 0.6) is 0 Å². The Hall–Kier alpha value is -3.17. The lowest BCUT2D eigenvalue weighted by molar-refractivity contribution is 0.0692. The molecular formula is C17H15F3N4O3. The second-order valence-electron chi connectivity index (χ2n) is 6.07. The Morgan fingerprint density at radius 3 is 2.41 bits per heavy atom. The summed E-state index contributed by atoms with van der Waals surface area (Å²) in [4.78, 5) is 36.7. The number of piperidine rings is 1. The van der Waals surface area contributed by atoms with E-state index in [1.54, 1.807) is 0 Å². The maximum absolute atomic E-state index is 13.8. The summed E-state index contributed by atoms with van der Waals surface area (Å²) in [6.07, 6.45) is 0.790. The summed E-state index contributed by atoms with van der Waals surface area (Å²) in [6.45, 7) is 0.419. The fourth-order valence-corrected chi connectivity index (χ4v) is 2.82. The van der Waals surface area contributed by atoms with E-state index in [0.29, 0.717) is 18.9 Å². The highest BCUT2D eigenvalue weighted by Gasteiger charge is 2.28. The number of carbonyl (C=O) groups excluding carboxylic acids is 2. The highest BCUT2D eigenvalue weighted by atomic mass is 19.2. The molecule has 2 heterocycles. The summed E-state index contributed by atoms with van der Waals surface area (Å²) in [5, 5.41) is 8.53. The molecule has 0 aliphatic carbocycles. The van der Waals surface area contributed by atoms with Crippen molar-refractivity contribution in [2.24, 2.45) is 0 Å². The first-order valence-corrected chi connectivity index (χ1v) is 8.16. The van der Waals surface area contributed by atoms with Crippen LogP contribution in [0.15, 0.2) is 29.1 Å². The van der Waals surface area contributed by atoms with Gasteiger partial charge in [0, 0.05) is 25.2 Å². The summed E-state index contributed by atoms with van der Waals surface area (Å²) in [5.41, 5.74) is -0.909. The highest BCUT2D eigenvalue weighted by Crippen LogP contribution is 2.19. The van der Waals surface area contributed by atoms with Gasteiger partial charge in [0.15, 0.2) is 17.5 Å². The molecule has 0 unspecified atom stereocenters. The van der Waals surface area contributed by atoms with Gasteiger partial charge in [0.25, 0.3) is 17.4 Å². The van der Waals surface area contributed by atoms with Gasteiger partial charge in [-0.15, -0.1) is 0 Å². The van der Waals surface area contributed by atoms with Crippen LogP contribution in [0.3, 0.4) is 0 Å². The van der Waals surface area contributed by atoms with E-state index in [-0.39, 0.29) is 24.8 Å². The molecule has 1 fully saturated rings. The monoisotopic (exact) mass is 380 g/mol. The van der Waals surface area contributed by atoms with Gasteiger partial charge in [-0.1, -0.05) is 0 Å². The van der Waals surface area contributed by atoms with Crippen LogP contribution < -0.4 is 10.9 Å². The van der Waals surface area contributed by atoms with Crippen LogP contribution in [0.25, 0.3) is 0 Å². The summed E-state index contributed by atoms with van der Waals surface area (Å²) in [7, 11) is 0. The number of H-pyrrole nitrogens is 1. The fraction of sp³-hybridized carbons (Fsp3) is 0.294. The molecule has 2 amide bonds. The molecule has 0 spiro atoms. The van der Waals surface area contributed by atoms with Gasteiger partial charge in [0.1, 0.15) is 5.69 Å². The van der Waals surface area contributed by atoms with Gasteiger partial charge >= 0.3 is 0 Å². The Balaban J connectivity index is 1.59. The number of likely N-dealkylation sites (tertiary alicyclic amines) is 1. The van der Waals surface area contributed by atoms with Crippen LogP contribution in [0.2, 0.25) is 0 Å². The van der Waals surface area contributed by atoms with Gasteiger partial charge in [0.05, 0.1) is 5.56 Å². The number of nitrogens with zero attached hydrogens (tertiary/aromatic N) is 2. The number of halogens is 3. The molecule has 1 aromatic carbocycles. The van der Waals surface area contributed by atoms with Gasteiger partial charge < -0.3 is 10.2 Å². The lowest BCUT2D eigenvalue weighted by atomic mass is 10.0. The maximum atomic E-state index is 13.8. The van der Waals surface area contributed by atoms with E-state index in [4.69, 9.17) is 0 Å². The van der Waals surface area contributed by atoms with Crippen molar-refractivity contribution in [2.75, 3.05) is 13.1 Å². The number of carbonyl (C=O) groups is 2. The molecule has 1 saturated heterocycles. The van der Waals surface area contributed by atoms with Crippen molar-refractivity contribution in [3.05, 3.63) is 63.3 Å². The van der Waals surface area contributed by atoms with Crippen LogP contribution in [0.4, 0.5) is 13.2 Å². The molecule has 2 N–H and O–H groups in total. The van der Waals surface area contributed by atoms with E-state index in [2.05, 4.69) is 15.5 Å². The molecule has 1 aliphatic rings. The van der Waals surface area contributed by atoms with E-state index < -0.39 is 40.4 Å². The van der Waals surface area contributed by atoms with Crippen LogP contribution in [0.1, 0.15) is 33.7 Å². The largest absolute Gasteiger partial charge is 0.348 e. The first-order chi connectivity index (χ1) is 12.9. The van der Waals surface area contributed by atoms with Crippen molar-refractivity contribution in [1.29, 1.82) is 0 Å². The third-order valence-corrected chi connectivity index (χ3v) is 4.29. The predicted molar refractivity (Wildman–Crippen MR) is 87.6 cm³/mol. The third kappa shape index (κ3) is 3.99. The number of aromatic nitrogens is 2. The van der Waals surface area contributed by atoms with Gasteiger partial charge in [-0.05, 0) is 31.0 Å². The number of amides is 2. The zero-order chi connectivity index (χ0) is 19.6. The standard InChI is InChI=1S/C17H15F3N4O3/c18-11-2-1-10(14(19)15(11)20)17(27)24-7-5-9(6-8-24)21-16(26)12-3-4-13(25)23-22-12/h1-4,9H,5-8H2,(H,21,26)(H,23,25). The minimum Gasteiger partial charge on any atom is -0.348 e. The third-order valence-electron chi connectivity index (χ3n) is 4.29. The van der Waals surface area contributed by atoms with Crippen molar-refractivity contribution in [1.82, 2.24) is 20.4 Å². The molecule has 1 aromatic heterocycles. The lowest BCUT2D eigenvalue weighted by Gasteiger charge is -2.32. The van der Waals surface area contributed by atoms with Crippen molar-refractivity contribution >= 4 is 11.8 Å². The molecule has 142 valence electrons. The van der Waals surface area contributed by atoms with E-state index in [1.165, 1.54) is 17.0 Å². The van der Waals surface area contributed by atoms with E-state index in [1.807, 2.05) is 0 Å². The van der Waals surface area contributed by atoms with Gasteiger partial charge in [0.2, 0.25) is 0 Å². The van der Waals surface area contributed by atoms with Gasteiger partial charge in [-0.25, -0.2) is 18.3 Å². The molecule has 7 nitrogen and oxygen atoms in total. The second kappa shape index (κ2) is 7.60. The summed E-state index contributed by atoms with van der Waals surface area (Å²) in [5.74, 6) is -5.77. The van der Waals surface area contributed by atoms with E-state index in [0.717, 1.165) is 6.07 Å². The van der Waals surface area contributed by atoms with Crippen molar-refractivity contribution < 1.29 is 22.8 Å². The number of rotatable bonds is 3. The Morgan fingerprint density at radius 1 is 1.07 bits per heavy atom. The summed E-state index contributed by atoms with van der Waals surface area (Å²) in [6, 6.07) is 3.84. The molecule has 10 heteroatoms. The SMILES string of the molecule is O=C(NC1CCN(C(=O)c2ccc(F)c(F)c2F)CC1)c1ccc(=O)[nH]n1. The first-order valence-electron chi connectivity index (χ1n) is 8.16. The lowest BCUT2D eigenvalue weighted by Crippen LogP contribution is -2.47. The smallest absolute Gasteiger partial charge is 0.271 e. The molecule has 2 aromatic rings. The topological polar surface area (TPSA) is 95.2 Å². The normalized spacial score (nSPS) is 14.9. The van der Waals surface area contributed by atoms with Crippen LogP contribution >= 0.6 is 0 Å². The molecule has 0 atom stereocenters. The Bertz CT molecular complexity index is 919. The number of hydrogen-bond acceptors (Lipinski definition) is 4. The zero-order valence-corrected chi connectivity index (χ0v) is 14.0. The first kappa shape index (κ1) is 18.6. The molecule has 0 saturated carbocycles. The van der Waals surface area contributed by atoms with Gasteiger partial charge in [-0.3, -0.25) is 14.4 Å². The molecule has 1 aliphatic heterocycles. The van der Waals surface area contributed by atoms with Crippen molar-refractivity contribution in [3.8, 4) is 0 Å². The minimum atomic E-state index is -1.68. The number of aromatic amines is 1. The highest BCUT2D eigenvalue weighted by molar-refractivity contribution is 5.94. The second-order valence-corrected chi connectivity index (χ2v) is 6.07. The predicted octanol–water partition coefficient (Wildman–Crippen LogP) is 1.22. The molecular weight excluding hydrogens is 365 g/mol. The average Bonchev–Trinajstić information content (AvgIpc) is 2.67. The van der Waals surface area contributed by atoms with E-state index >= 15 is 0 Å². The maximum Gasteiger partial charge on any atom is 0.271 e. The number of benzene rings is 1. The Labute approximate surface area is 151 Å². The molecule has 27 heavy (non-hydrogen) atoms. The van der Waals surface area contributed by atoms with Crippen molar-refractivity contribution in [3.63, 3.8) is 0 Å². The van der Waals surface area contributed by atoms with Crippen LogP contribution in [0, 0.1) is 17.5 Å². The minimum absolute atomic E-state index is 0.0527. The van der Waals surface area contributed by atoms with Crippen LogP contribution in [-0.4, -0.2) is 46.0 Å². The van der Waals surface area contributed by atoms with Gasteiger partial charge in [-0.2, -0.15) is 5.10 Å². The molecule has 3 rings (SSSR count). The molecule has 0 radical (unpaired) electrons. The number of nitrogens with one attached hydrogen (secondary N) is 2. The average molecular weight is 380 g/mol. The van der Waals surface area contributed by atoms with E-state index in [9.17, 15) is 27.6 Å². The molecule has 0 bridgehead atoms. The number of hydrogen-bond donors (Lipinski definition) is 2. The zero-order valence-electron chi connectivity index (χ0n) is 14.0.